The van der Waals surface area contributed by atoms with Crippen molar-refractivity contribution in [1.29, 1.82) is 0 Å². The first-order valence-electron chi connectivity index (χ1n) is 8.84. The number of hydrogen-bond acceptors (Lipinski definition) is 4. The van der Waals surface area contributed by atoms with Gasteiger partial charge in [0.15, 0.2) is 16.6 Å². The number of carbonyl (C=O) groups excluding carboxylic acids is 1. The van der Waals surface area contributed by atoms with E-state index in [0.717, 1.165) is 18.5 Å². The highest BCUT2D eigenvalue weighted by atomic mass is 32.1. The van der Waals surface area contributed by atoms with Crippen molar-refractivity contribution in [2.24, 2.45) is 0 Å². The number of hydrogen-bond donors (Lipinski definition) is 3. The number of carbonyl (C=O) groups is 1. The Morgan fingerprint density at radius 2 is 1.89 bits per heavy atom. The molecule has 0 aliphatic rings. The highest BCUT2D eigenvalue weighted by molar-refractivity contribution is 7.80. The maximum Gasteiger partial charge on any atom is 0.269 e. The average Bonchev–Trinajstić information content (AvgIpc) is 2.70. The Morgan fingerprint density at radius 3 is 2.59 bits per heavy atom. The van der Waals surface area contributed by atoms with Crippen molar-refractivity contribution in [2.75, 3.05) is 19.0 Å². The smallest absolute Gasteiger partial charge is 0.269 e. The number of nitrogens with one attached hydrogen (secondary N) is 3. The fraction of sp³-hybridized carbons (Fsp3) is 0.300. The van der Waals surface area contributed by atoms with Crippen LogP contribution in [0.4, 0.5) is 5.69 Å². The standard InChI is InChI=1S/C20H25N3O3S/c1-4-11-26-17-10-9-15(13-18(17)25-3)19(24)22-23-20(27)21-16-8-6-7-14(5-2)12-16/h6-10,12-13H,4-5,11H2,1-3H3,(H,22,24)(H2,21,23,27). The van der Waals surface area contributed by atoms with Crippen LogP contribution in [0.2, 0.25) is 0 Å². The summed E-state index contributed by atoms with van der Waals surface area (Å²) in [5.74, 6) is 0.784. The lowest BCUT2D eigenvalue weighted by molar-refractivity contribution is 0.0943. The summed E-state index contributed by atoms with van der Waals surface area (Å²) >= 11 is 5.22. The number of ether oxygens (including phenoxy) is 2. The van der Waals surface area contributed by atoms with E-state index >= 15 is 0 Å². The molecule has 2 aromatic carbocycles. The van der Waals surface area contributed by atoms with E-state index in [9.17, 15) is 4.79 Å². The molecule has 1 amide bonds. The lowest BCUT2D eigenvalue weighted by Crippen LogP contribution is -2.43. The molecule has 0 fully saturated rings. The van der Waals surface area contributed by atoms with E-state index in [2.05, 4.69) is 23.1 Å². The van der Waals surface area contributed by atoms with Gasteiger partial charge in [0.2, 0.25) is 0 Å². The van der Waals surface area contributed by atoms with Crippen LogP contribution in [0.3, 0.4) is 0 Å². The molecule has 0 unspecified atom stereocenters. The molecule has 27 heavy (non-hydrogen) atoms. The third-order valence-corrected chi connectivity index (χ3v) is 3.97. The lowest BCUT2D eigenvalue weighted by atomic mass is 10.1. The number of anilines is 1. The minimum Gasteiger partial charge on any atom is -0.493 e. The van der Waals surface area contributed by atoms with Gasteiger partial charge in [0.1, 0.15) is 0 Å². The molecule has 0 aromatic heterocycles. The summed E-state index contributed by atoms with van der Waals surface area (Å²) < 4.78 is 10.9. The van der Waals surface area contributed by atoms with Crippen molar-refractivity contribution < 1.29 is 14.3 Å². The summed E-state index contributed by atoms with van der Waals surface area (Å²) in [6.07, 6.45) is 1.83. The normalized spacial score (nSPS) is 10.0. The highest BCUT2D eigenvalue weighted by Gasteiger charge is 2.11. The van der Waals surface area contributed by atoms with Gasteiger partial charge in [0, 0.05) is 11.3 Å². The zero-order valence-corrected chi connectivity index (χ0v) is 16.6. The van der Waals surface area contributed by atoms with E-state index in [-0.39, 0.29) is 5.91 Å². The van der Waals surface area contributed by atoms with Crippen LogP contribution >= 0.6 is 12.2 Å². The molecule has 0 atom stereocenters. The van der Waals surface area contributed by atoms with Crippen LogP contribution in [0.15, 0.2) is 42.5 Å². The summed E-state index contributed by atoms with van der Waals surface area (Å²) in [6, 6.07) is 12.9. The second kappa shape index (κ2) is 10.4. The number of amides is 1. The molecule has 0 saturated carbocycles. The van der Waals surface area contributed by atoms with Crippen molar-refractivity contribution >= 4 is 28.9 Å². The number of methoxy groups -OCH3 is 1. The first-order chi connectivity index (χ1) is 13.1. The van der Waals surface area contributed by atoms with Crippen molar-refractivity contribution in [3.05, 3.63) is 53.6 Å². The van der Waals surface area contributed by atoms with Crippen LogP contribution in [0.5, 0.6) is 11.5 Å². The van der Waals surface area contributed by atoms with Gasteiger partial charge in [-0.15, -0.1) is 0 Å². The zero-order chi connectivity index (χ0) is 19.6. The van der Waals surface area contributed by atoms with Gasteiger partial charge in [-0.2, -0.15) is 0 Å². The summed E-state index contributed by atoms with van der Waals surface area (Å²) in [4.78, 5) is 12.3. The number of thiocarbonyl (C=S) groups is 1. The van der Waals surface area contributed by atoms with E-state index in [1.165, 1.54) is 12.7 Å². The largest absolute Gasteiger partial charge is 0.493 e. The van der Waals surface area contributed by atoms with Crippen molar-refractivity contribution in [3.63, 3.8) is 0 Å². The van der Waals surface area contributed by atoms with Gasteiger partial charge in [0.25, 0.3) is 5.91 Å². The van der Waals surface area contributed by atoms with E-state index in [1.54, 1.807) is 18.2 Å². The summed E-state index contributed by atoms with van der Waals surface area (Å²) in [5.41, 5.74) is 7.76. The molecule has 0 radical (unpaired) electrons. The maximum atomic E-state index is 12.3. The highest BCUT2D eigenvalue weighted by Crippen LogP contribution is 2.28. The van der Waals surface area contributed by atoms with Crippen LogP contribution < -0.4 is 25.6 Å². The Kier molecular flexibility index (Phi) is 7.88. The molecule has 0 heterocycles. The van der Waals surface area contributed by atoms with Crippen LogP contribution in [0.25, 0.3) is 0 Å². The van der Waals surface area contributed by atoms with Gasteiger partial charge in [-0.3, -0.25) is 15.6 Å². The number of benzene rings is 2. The van der Waals surface area contributed by atoms with E-state index < -0.39 is 0 Å². The maximum absolute atomic E-state index is 12.3. The monoisotopic (exact) mass is 387 g/mol. The second-order valence-electron chi connectivity index (χ2n) is 5.80. The predicted molar refractivity (Wildman–Crippen MR) is 111 cm³/mol. The summed E-state index contributed by atoms with van der Waals surface area (Å²) in [5, 5.41) is 3.34. The first-order valence-corrected chi connectivity index (χ1v) is 9.25. The third kappa shape index (κ3) is 6.14. The Labute approximate surface area is 165 Å². The van der Waals surface area contributed by atoms with Gasteiger partial charge in [-0.1, -0.05) is 26.0 Å². The van der Waals surface area contributed by atoms with Gasteiger partial charge >= 0.3 is 0 Å². The van der Waals surface area contributed by atoms with Crippen molar-refractivity contribution in [2.45, 2.75) is 26.7 Å². The van der Waals surface area contributed by atoms with E-state index in [1.807, 2.05) is 31.2 Å². The SMILES string of the molecule is CCCOc1ccc(C(=O)NNC(=S)Nc2cccc(CC)c2)cc1OC. The summed E-state index contributed by atoms with van der Waals surface area (Å²) in [7, 11) is 1.54. The lowest BCUT2D eigenvalue weighted by Gasteiger charge is -2.14. The molecule has 0 bridgehead atoms. The second-order valence-corrected chi connectivity index (χ2v) is 6.21. The first kappa shape index (κ1) is 20.5. The average molecular weight is 388 g/mol. The molecule has 0 aliphatic carbocycles. The van der Waals surface area contributed by atoms with Gasteiger partial charge in [-0.25, -0.2) is 0 Å². The van der Waals surface area contributed by atoms with Crippen molar-refractivity contribution in [1.82, 2.24) is 10.9 Å². The van der Waals surface area contributed by atoms with Gasteiger partial charge < -0.3 is 14.8 Å². The van der Waals surface area contributed by atoms with Crippen LogP contribution in [-0.4, -0.2) is 24.7 Å². The number of aryl methyl sites for hydroxylation is 1. The molecule has 0 spiro atoms. The Bertz CT molecular complexity index is 796. The molecule has 2 rings (SSSR count). The van der Waals surface area contributed by atoms with Crippen molar-refractivity contribution in [3.8, 4) is 11.5 Å². The molecular formula is C20H25N3O3S. The Morgan fingerprint density at radius 1 is 1.07 bits per heavy atom. The fourth-order valence-electron chi connectivity index (χ4n) is 2.36. The molecule has 6 nitrogen and oxygen atoms in total. The predicted octanol–water partition coefficient (Wildman–Crippen LogP) is 3.68. The minimum absolute atomic E-state index is 0.298. The molecular weight excluding hydrogens is 362 g/mol. The summed E-state index contributed by atoms with van der Waals surface area (Å²) in [6.45, 7) is 4.70. The number of rotatable bonds is 7. The fourth-order valence-corrected chi connectivity index (χ4v) is 2.53. The topological polar surface area (TPSA) is 71.6 Å². The van der Waals surface area contributed by atoms with Crippen LogP contribution in [0, 0.1) is 0 Å². The minimum atomic E-state index is -0.332. The Balaban J connectivity index is 1.93. The zero-order valence-electron chi connectivity index (χ0n) is 15.8. The molecule has 7 heteroatoms. The van der Waals surface area contributed by atoms with Crippen LogP contribution in [-0.2, 0) is 6.42 Å². The molecule has 2 aromatic rings. The van der Waals surface area contributed by atoms with Crippen LogP contribution in [0.1, 0.15) is 36.2 Å². The quantitative estimate of drug-likeness (QED) is 0.497. The molecule has 0 aliphatic heterocycles. The third-order valence-electron chi connectivity index (χ3n) is 3.77. The number of hydrazine groups is 1. The Hall–Kier alpha value is -2.80. The van der Waals surface area contributed by atoms with Gasteiger partial charge in [-0.05, 0) is 61.0 Å². The molecule has 144 valence electrons. The van der Waals surface area contributed by atoms with E-state index in [0.29, 0.717) is 28.8 Å². The van der Waals surface area contributed by atoms with E-state index in [4.69, 9.17) is 21.7 Å². The van der Waals surface area contributed by atoms with Gasteiger partial charge in [0.05, 0.1) is 13.7 Å². The molecule has 0 saturated heterocycles. The molecule has 3 N–H and O–H groups in total.